The maximum absolute atomic E-state index is 11.1. The topological polar surface area (TPSA) is 56.5 Å². The Balaban J connectivity index is 2.56. The first-order valence-corrected chi connectivity index (χ1v) is 4.60. The van der Waals surface area contributed by atoms with Crippen LogP contribution in [0, 0.1) is 0 Å². The molecule has 0 aliphatic carbocycles. The molecule has 0 fully saturated rings. The van der Waals surface area contributed by atoms with E-state index in [1.807, 2.05) is 6.07 Å². The van der Waals surface area contributed by atoms with E-state index >= 15 is 0 Å². The maximum atomic E-state index is 11.1. The summed E-state index contributed by atoms with van der Waals surface area (Å²) >= 11 is 3.29. The highest BCUT2D eigenvalue weighted by Gasteiger charge is 2.12. The van der Waals surface area contributed by atoms with Gasteiger partial charge in [-0.2, -0.15) is 0 Å². The van der Waals surface area contributed by atoms with Crippen molar-refractivity contribution in [2.24, 2.45) is 0 Å². The van der Waals surface area contributed by atoms with Gasteiger partial charge in [-0.15, -0.1) is 5.10 Å². The molecule has 0 radical (unpaired) electrons. The number of rotatable bonds is 1. The molecule has 6 heteroatoms. The van der Waals surface area contributed by atoms with Crippen LogP contribution in [0.5, 0.6) is 0 Å². The molecule has 5 nitrogen and oxygen atoms in total. The van der Waals surface area contributed by atoms with Crippen molar-refractivity contribution in [2.45, 2.75) is 0 Å². The summed E-state index contributed by atoms with van der Waals surface area (Å²) in [5, 5.41) is 3.95. The molecule has 0 bridgehead atoms. The number of carbonyl (C=O) groups is 1. The summed E-state index contributed by atoms with van der Waals surface area (Å²) in [5.41, 5.74) is 0.605. The number of ether oxygens (including phenoxy) is 1. The van der Waals surface area contributed by atoms with E-state index < -0.39 is 5.97 Å². The predicted octanol–water partition coefficient (Wildman–Crippen LogP) is 1.28. The van der Waals surface area contributed by atoms with Gasteiger partial charge in [-0.3, -0.25) is 0 Å². The normalized spacial score (nSPS) is 10.4. The van der Waals surface area contributed by atoms with Crippen molar-refractivity contribution in [1.29, 1.82) is 0 Å². The molecule has 0 amide bonds. The number of aromatic nitrogens is 3. The fourth-order valence-electron chi connectivity index (χ4n) is 1.04. The van der Waals surface area contributed by atoms with Crippen LogP contribution in [0.1, 0.15) is 10.6 Å². The number of fused-ring (bicyclic) bond motifs is 1. The van der Waals surface area contributed by atoms with Crippen molar-refractivity contribution in [3.8, 4) is 0 Å². The van der Waals surface area contributed by atoms with Gasteiger partial charge in [-0.05, 0) is 28.1 Å². The van der Waals surface area contributed by atoms with Gasteiger partial charge in [0, 0.05) is 10.7 Å². The van der Waals surface area contributed by atoms with Crippen molar-refractivity contribution >= 4 is 27.5 Å². The molecule has 0 atom stereocenters. The summed E-state index contributed by atoms with van der Waals surface area (Å²) in [6.45, 7) is 0. The Hall–Kier alpha value is -1.43. The van der Waals surface area contributed by atoms with Gasteiger partial charge in [0.15, 0.2) is 5.65 Å². The number of hydrogen-bond acceptors (Lipinski definition) is 4. The van der Waals surface area contributed by atoms with Crippen molar-refractivity contribution in [2.75, 3.05) is 7.11 Å². The molecular weight excluding hydrogens is 250 g/mol. The predicted molar refractivity (Wildman–Crippen MR) is 52.0 cm³/mol. The number of nitrogens with zero attached hydrogens (tertiary/aromatic N) is 3. The van der Waals surface area contributed by atoms with Crippen LogP contribution in [0.4, 0.5) is 0 Å². The molecule has 0 spiro atoms. The van der Waals surface area contributed by atoms with E-state index in [1.165, 1.54) is 11.6 Å². The summed E-state index contributed by atoms with van der Waals surface area (Å²) in [6, 6.07) is 3.58. The molecule has 0 saturated heterocycles. The largest absolute Gasteiger partial charge is 0.463 e. The minimum Gasteiger partial charge on any atom is -0.463 e. The van der Waals surface area contributed by atoms with Crippen LogP contribution in [0.2, 0.25) is 0 Å². The van der Waals surface area contributed by atoms with Crippen LogP contribution >= 0.6 is 15.9 Å². The average Bonchev–Trinajstić information content (AvgIpc) is 2.59. The zero-order chi connectivity index (χ0) is 10.1. The van der Waals surface area contributed by atoms with Gasteiger partial charge < -0.3 is 4.74 Å². The highest BCUT2D eigenvalue weighted by Crippen LogP contribution is 2.10. The van der Waals surface area contributed by atoms with Gasteiger partial charge in [0.25, 0.3) is 5.82 Å². The minimum atomic E-state index is -0.537. The number of carbonyl (C=O) groups excluding carboxylic acids is 1. The first-order chi connectivity index (χ1) is 6.70. The van der Waals surface area contributed by atoms with Gasteiger partial charge in [-0.25, -0.2) is 14.3 Å². The molecule has 72 valence electrons. The van der Waals surface area contributed by atoms with Gasteiger partial charge in [0.1, 0.15) is 0 Å². The van der Waals surface area contributed by atoms with Crippen LogP contribution < -0.4 is 0 Å². The monoisotopic (exact) mass is 255 g/mol. The zero-order valence-electron chi connectivity index (χ0n) is 7.27. The summed E-state index contributed by atoms with van der Waals surface area (Å²) in [7, 11) is 1.30. The van der Waals surface area contributed by atoms with E-state index in [4.69, 9.17) is 0 Å². The fraction of sp³-hybridized carbons (Fsp3) is 0.125. The van der Waals surface area contributed by atoms with Crippen molar-refractivity contribution in [1.82, 2.24) is 14.6 Å². The lowest BCUT2D eigenvalue weighted by Crippen LogP contribution is -2.03. The Morgan fingerprint density at radius 1 is 1.57 bits per heavy atom. The lowest BCUT2D eigenvalue weighted by Gasteiger charge is -1.90. The Morgan fingerprint density at radius 2 is 2.36 bits per heavy atom. The first-order valence-electron chi connectivity index (χ1n) is 3.81. The summed E-state index contributed by atoms with van der Waals surface area (Å²) in [4.78, 5) is 15.1. The Bertz CT molecular complexity index is 494. The Morgan fingerprint density at radius 3 is 3.07 bits per heavy atom. The lowest BCUT2D eigenvalue weighted by molar-refractivity contribution is 0.0587. The van der Waals surface area contributed by atoms with Gasteiger partial charge in [-0.1, -0.05) is 0 Å². The van der Waals surface area contributed by atoms with E-state index in [1.54, 1.807) is 12.3 Å². The summed E-state index contributed by atoms with van der Waals surface area (Å²) in [5.74, 6) is -0.476. The van der Waals surface area contributed by atoms with Crippen LogP contribution in [0.3, 0.4) is 0 Å². The van der Waals surface area contributed by atoms with Gasteiger partial charge in [0.2, 0.25) is 0 Å². The molecule has 2 heterocycles. The van der Waals surface area contributed by atoms with Crippen LogP contribution in [0.15, 0.2) is 22.8 Å². The minimum absolute atomic E-state index is 0.0607. The third kappa shape index (κ3) is 1.48. The van der Waals surface area contributed by atoms with Crippen molar-refractivity contribution in [3.05, 3.63) is 28.6 Å². The Labute approximate surface area is 87.8 Å². The molecule has 0 saturated carbocycles. The number of hydrogen-bond donors (Lipinski definition) is 0. The van der Waals surface area contributed by atoms with E-state index in [-0.39, 0.29) is 5.82 Å². The molecule has 2 aromatic heterocycles. The molecule has 0 aromatic carbocycles. The number of methoxy groups -OCH3 is 1. The molecule has 0 aliphatic rings. The van der Waals surface area contributed by atoms with Crippen LogP contribution in [-0.2, 0) is 4.74 Å². The third-order valence-electron chi connectivity index (χ3n) is 1.66. The smallest absolute Gasteiger partial charge is 0.377 e. The summed E-state index contributed by atoms with van der Waals surface area (Å²) in [6.07, 6.45) is 1.72. The molecule has 2 rings (SSSR count). The second kappa shape index (κ2) is 3.38. The van der Waals surface area contributed by atoms with Crippen LogP contribution in [0.25, 0.3) is 5.65 Å². The fourth-order valence-corrected chi connectivity index (χ4v) is 1.36. The maximum Gasteiger partial charge on any atom is 0.377 e. The highest BCUT2D eigenvalue weighted by molar-refractivity contribution is 9.10. The second-order valence-corrected chi connectivity index (χ2v) is 3.49. The summed E-state index contributed by atoms with van der Waals surface area (Å²) < 4.78 is 6.88. The first kappa shape index (κ1) is 9.14. The van der Waals surface area contributed by atoms with Gasteiger partial charge in [0.05, 0.1) is 7.11 Å². The SMILES string of the molecule is COC(=O)c1nc2ccc(Br)cn2n1. The van der Waals surface area contributed by atoms with E-state index in [0.717, 1.165) is 4.47 Å². The standard InChI is InChI=1S/C8H6BrN3O2/c1-14-8(13)7-10-6-3-2-5(9)4-12(6)11-7/h2-4H,1H3. The molecular formula is C8H6BrN3O2. The van der Waals surface area contributed by atoms with Crippen LogP contribution in [-0.4, -0.2) is 27.7 Å². The second-order valence-electron chi connectivity index (χ2n) is 2.58. The Kier molecular flexibility index (Phi) is 2.20. The molecule has 14 heavy (non-hydrogen) atoms. The van der Waals surface area contributed by atoms with Gasteiger partial charge >= 0.3 is 5.97 Å². The number of halogens is 1. The molecule has 0 N–H and O–H groups in total. The van der Waals surface area contributed by atoms with E-state index in [2.05, 4.69) is 30.7 Å². The lowest BCUT2D eigenvalue weighted by atomic mass is 10.5. The number of pyridine rings is 1. The third-order valence-corrected chi connectivity index (χ3v) is 2.13. The van der Waals surface area contributed by atoms with Crippen molar-refractivity contribution in [3.63, 3.8) is 0 Å². The number of esters is 1. The zero-order valence-corrected chi connectivity index (χ0v) is 8.85. The molecule has 0 unspecified atom stereocenters. The molecule has 0 aliphatic heterocycles. The van der Waals surface area contributed by atoms with E-state index in [9.17, 15) is 4.79 Å². The molecule has 2 aromatic rings. The van der Waals surface area contributed by atoms with Crippen molar-refractivity contribution < 1.29 is 9.53 Å². The highest BCUT2D eigenvalue weighted by atomic mass is 79.9. The average molecular weight is 256 g/mol. The quantitative estimate of drug-likeness (QED) is 0.721. The van der Waals surface area contributed by atoms with E-state index in [0.29, 0.717) is 5.65 Å².